The summed E-state index contributed by atoms with van der Waals surface area (Å²) in [7, 11) is 0. The molecule has 1 aromatic carbocycles. The molecule has 1 aromatic heterocycles. The molecule has 1 unspecified atom stereocenters. The first-order valence-electron chi connectivity index (χ1n) is 7.40. The minimum atomic E-state index is 0.151. The molecule has 0 fully saturated rings. The largest absolute Gasteiger partial charge is 0.491 e. The molecule has 1 heterocycles. The zero-order valence-corrected chi connectivity index (χ0v) is 13.9. The van der Waals surface area contributed by atoms with E-state index in [4.69, 9.17) is 4.74 Å². The molecule has 2 rings (SSSR count). The third-order valence-corrected chi connectivity index (χ3v) is 4.02. The molecule has 0 aliphatic heterocycles. The highest BCUT2D eigenvalue weighted by Crippen LogP contribution is 2.28. The summed E-state index contributed by atoms with van der Waals surface area (Å²) < 4.78 is 9.76. The number of hydrogen-bond acceptors (Lipinski definition) is 5. The van der Waals surface area contributed by atoms with Crippen LogP contribution < -0.4 is 10.1 Å². The lowest BCUT2D eigenvalue weighted by atomic mass is 10.0. The van der Waals surface area contributed by atoms with Crippen molar-refractivity contribution < 1.29 is 4.74 Å². The minimum absolute atomic E-state index is 0.151. The van der Waals surface area contributed by atoms with Crippen LogP contribution in [0.5, 0.6) is 5.75 Å². The molecule has 0 saturated heterocycles. The van der Waals surface area contributed by atoms with Gasteiger partial charge in [-0.25, -0.2) is 0 Å². The summed E-state index contributed by atoms with van der Waals surface area (Å²) in [6.45, 7) is 9.21. The van der Waals surface area contributed by atoms with Crippen LogP contribution in [0.1, 0.15) is 49.4 Å². The fraction of sp³-hybridized carbons (Fsp3) is 0.500. The van der Waals surface area contributed by atoms with Crippen molar-refractivity contribution in [1.82, 2.24) is 14.9 Å². The van der Waals surface area contributed by atoms with Crippen LogP contribution >= 0.6 is 11.5 Å². The molecule has 0 amide bonds. The summed E-state index contributed by atoms with van der Waals surface area (Å²) in [5, 5.41) is 7.71. The maximum atomic E-state index is 5.70. The van der Waals surface area contributed by atoms with E-state index in [9.17, 15) is 0 Å². The van der Waals surface area contributed by atoms with E-state index in [0.717, 1.165) is 24.4 Å². The number of rotatable bonds is 7. The van der Waals surface area contributed by atoms with Gasteiger partial charge in [-0.05, 0) is 63.0 Å². The Hall–Kier alpha value is -1.46. The predicted octanol–water partition coefficient (Wildman–Crippen LogP) is 3.72. The Balaban J connectivity index is 2.22. The van der Waals surface area contributed by atoms with E-state index in [1.807, 2.05) is 32.9 Å². The zero-order valence-electron chi connectivity index (χ0n) is 13.1. The number of nitrogens with zero attached hydrogens (tertiary/aromatic N) is 2. The number of aryl methyl sites for hydroxylation is 1. The number of benzene rings is 1. The summed E-state index contributed by atoms with van der Waals surface area (Å²) in [6.07, 6.45) is 1.29. The highest BCUT2D eigenvalue weighted by molar-refractivity contribution is 7.05. The molecule has 5 heteroatoms. The summed E-state index contributed by atoms with van der Waals surface area (Å²) in [5.41, 5.74) is 2.21. The van der Waals surface area contributed by atoms with Gasteiger partial charge in [0.05, 0.1) is 22.7 Å². The lowest BCUT2D eigenvalue weighted by Crippen LogP contribution is -2.23. The Bertz CT molecular complexity index is 551. The smallest absolute Gasteiger partial charge is 0.119 e. The van der Waals surface area contributed by atoms with Gasteiger partial charge in [0, 0.05) is 0 Å². The molecule has 0 bridgehead atoms. The Morgan fingerprint density at radius 2 is 1.95 bits per heavy atom. The Morgan fingerprint density at radius 3 is 2.48 bits per heavy atom. The van der Waals surface area contributed by atoms with Crippen molar-refractivity contribution in [3.05, 3.63) is 40.4 Å². The Labute approximate surface area is 130 Å². The lowest BCUT2D eigenvalue weighted by molar-refractivity contribution is 0.242. The SMILES string of the molecule is CCCNC(c1ccc(OC(C)C)cc1)c1snnc1C. The molecule has 0 saturated carbocycles. The Kier molecular flexibility index (Phi) is 5.70. The molecule has 114 valence electrons. The highest BCUT2D eigenvalue weighted by atomic mass is 32.1. The zero-order chi connectivity index (χ0) is 15.2. The topological polar surface area (TPSA) is 47.0 Å². The van der Waals surface area contributed by atoms with Crippen LogP contribution in [0.3, 0.4) is 0 Å². The summed E-state index contributed by atoms with van der Waals surface area (Å²) in [4.78, 5) is 1.18. The summed E-state index contributed by atoms with van der Waals surface area (Å²) in [6, 6.07) is 8.44. The molecular weight excluding hydrogens is 282 g/mol. The third kappa shape index (κ3) is 4.25. The van der Waals surface area contributed by atoms with E-state index in [0.29, 0.717) is 0 Å². The molecule has 2 aromatic rings. The van der Waals surface area contributed by atoms with E-state index in [2.05, 4.69) is 34.0 Å². The standard InChI is InChI=1S/C16H23N3OS/c1-5-10-17-15(16-12(4)18-19-21-16)13-6-8-14(9-7-13)20-11(2)3/h6-9,11,15,17H,5,10H2,1-4H3. The fourth-order valence-corrected chi connectivity index (χ4v) is 2.91. The van der Waals surface area contributed by atoms with Crippen molar-refractivity contribution in [2.75, 3.05) is 6.54 Å². The van der Waals surface area contributed by atoms with Gasteiger partial charge in [-0.2, -0.15) is 0 Å². The number of hydrogen-bond donors (Lipinski definition) is 1. The van der Waals surface area contributed by atoms with Crippen LogP contribution in [0, 0.1) is 6.92 Å². The maximum Gasteiger partial charge on any atom is 0.119 e. The average Bonchev–Trinajstić information content (AvgIpc) is 2.87. The van der Waals surface area contributed by atoms with E-state index >= 15 is 0 Å². The van der Waals surface area contributed by atoms with E-state index < -0.39 is 0 Å². The van der Waals surface area contributed by atoms with Gasteiger partial charge in [0.25, 0.3) is 0 Å². The number of aromatic nitrogens is 2. The van der Waals surface area contributed by atoms with Crippen molar-refractivity contribution in [3.8, 4) is 5.75 Å². The van der Waals surface area contributed by atoms with Crippen LogP contribution in [-0.4, -0.2) is 22.2 Å². The van der Waals surface area contributed by atoms with Crippen molar-refractivity contribution in [2.24, 2.45) is 0 Å². The average molecular weight is 305 g/mol. The fourth-order valence-electron chi connectivity index (χ4n) is 2.16. The van der Waals surface area contributed by atoms with E-state index in [1.54, 1.807) is 0 Å². The lowest BCUT2D eigenvalue weighted by Gasteiger charge is -2.18. The van der Waals surface area contributed by atoms with Crippen molar-refractivity contribution in [3.63, 3.8) is 0 Å². The van der Waals surface area contributed by atoms with Crippen molar-refractivity contribution in [2.45, 2.75) is 46.3 Å². The minimum Gasteiger partial charge on any atom is -0.491 e. The molecule has 1 atom stereocenters. The van der Waals surface area contributed by atoms with Gasteiger partial charge in [-0.15, -0.1) is 5.10 Å². The van der Waals surface area contributed by atoms with Crippen LogP contribution in [0.15, 0.2) is 24.3 Å². The second-order valence-corrected chi connectivity index (χ2v) is 6.13. The van der Waals surface area contributed by atoms with Crippen LogP contribution in [-0.2, 0) is 0 Å². The van der Waals surface area contributed by atoms with Gasteiger partial charge < -0.3 is 10.1 Å². The molecule has 0 aliphatic carbocycles. The molecular formula is C16H23N3OS. The third-order valence-electron chi connectivity index (χ3n) is 3.13. The van der Waals surface area contributed by atoms with Gasteiger partial charge >= 0.3 is 0 Å². The van der Waals surface area contributed by atoms with E-state index in [-0.39, 0.29) is 12.1 Å². The highest BCUT2D eigenvalue weighted by Gasteiger charge is 2.18. The quantitative estimate of drug-likeness (QED) is 0.847. The van der Waals surface area contributed by atoms with Crippen LogP contribution in [0.2, 0.25) is 0 Å². The molecule has 0 radical (unpaired) electrons. The molecule has 0 spiro atoms. The number of ether oxygens (including phenoxy) is 1. The molecule has 21 heavy (non-hydrogen) atoms. The van der Waals surface area contributed by atoms with Crippen molar-refractivity contribution in [1.29, 1.82) is 0 Å². The first-order valence-corrected chi connectivity index (χ1v) is 8.18. The van der Waals surface area contributed by atoms with Crippen LogP contribution in [0.4, 0.5) is 0 Å². The monoisotopic (exact) mass is 305 g/mol. The van der Waals surface area contributed by atoms with Gasteiger partial charge in [-0.1, -0.05) is 23.5 Å². The molecule has 4 nitrogen and oxygen atoms in total. The summed E-state index contributed by atoms with van der Waals surface area (Å²) >= 11 is 1.46. The normalized spacial score (nSPS) is 12.6. The summed E-state index contributed by atoms with van der Waals surface area (Å²) in [5.74, 6) is 0.905. The Morgan fingerprint density at radius 1 is 1.24 bits per heavy atom. The van der Waals surface area contributed by atoms with Crippen molar-refractivity contribution >= 4 is 11.5 Å². The van der Waals surface area contributed by atoms with Gasteiger partial charge in [0.15, 0.2) is 0 Å². The van der Waals surface area contributed by atoms with E-state index in [1.165, 1.54) is 22.0 Å². The second-order valence-electron chi connectivity index (χ2n) is 5.35. The maximum absolute atomic E-state index is 5.70. The predicted molar refractivity (Wildman–Crippen MR) is 87.0 cm³/mol. The second kappa shape index (κ2) is 7.52. The molecule has 0 aliphatic rings. The van der Waals surface area contributed by atoms with Gasteiger partial charge in [0.2, 0.25) is 0 Å². The number of nitrogens with one attached hydrogen (secondary N) is 1. The first-order chi connectivity index (χ1) is 10.1. The van der Waals surface area contributed by atoms with Crippen LogP contribution in [0.25, 0.3) is 0 Å². The van der Waals surface area contributed by atoms with Gasteiger partial charge in [-0.3, -0.25) is 0 Å². The first kappa shape index (κ1) is 15.9. The molecule has 1 N–H and O–H groups in total. The van der Waals surface area contributed by atoms with Gasteiger partial charge in [0.1, 0.15) is 5.75 Å².